The molecule has 2 amide bonds. The molecule has 0 bridgehead atoms. The van der Waals surface area contributed by atoms with Gasteiger partial charge in [-0.1, -0.05) is 19.1 Å². The van der Waals surface area contributed by atoms with Crippen LogP contribution in [0, 0.1) is 6.92 Å². The maximum Gasteiger partial charge on any atom is 0.338 e. The molecule has 0 aliphatic heterocycles. The Morgan fingerprint density at radius 2 is 1.48 bits per heavy atom. The van der Waals surface area contributed by atoms with E-state index in [0.717, 1.165) is 12.0 Å². The Morgan fingerprint density at radius 1 is 0.862 bits per heavy atom. The fraction of sp³-hybridized carbons (Fsp3) is 0.286. The molecule has 2 aromatic rings. The molecule has 0 aromatic heterocycles. The third kappa shape index (κ3) is 7.92. The summed E-state index contributed by atoms with van der Waals surface area (Å²) in [5.41, 5.74) is 5.89. The van der Waals surface area contributed by atoms with Crippen molar-refractivity contribution >= 4 is 17.8 Å². The van der Waals surface area contributed by atoms with Gasteiger partial charge < -0.3 is 14.2 Å². The second-order valence-electron chi connectivity index (χ2n) is 6.15. The molecule has 0 unspecified atom stereocenters. The lowest BCUT2D eigenvalue weighted by Gasteiger charge is -2.10. The van der Waals surface area contributed by atoms with Crippen molar-refractivity contribution in [2.45, 2.75) is 20.3 Å². The van der Waals surface area contributed by atoms with Crippen molar-refractivity contribution in [3.63, 3.8) is 0 Å². The van der Waals surface area contributed by atoms with Gasteiger partial charge in [0.1, 0.15) is 11.5 Å². The van der Waals surface area contributed by atoms with E-state index >= 15 is 0 Å². The second-order valence-corrected chi connectivity index (χ2v) is 6.15. The maximum atomic E-state index is 11.8. The van der Waals surface area contributed by atoms with Crippen LogP contribution in [0.2, 0.25) is 0 Å². The fourth-order valence-corrected chi connectivity index (χ4v) is 2.18. The SMILES string of the molecule is CCCOC(=O)c1ccc(OCC(=O)NNC(=O)COc2cccc(C)c2)cc1. The van der Waals surface area contributed by atoms with Crippen molar-refractivity contribution in [1.82, 2.24) is 10.9 Å². The summed E-state index contributed by atoms with van der Waals surface area (Å²) in [6.45, 7) is 3.64. The summed E-state index contributed by atoms with van der Waals surface area (Å²) in [7, 11) is 0. The summed E-state index contributed by atoms with van der Waals surface area (Å²) in [5.74, 6) is -0.486. The molecule has 8 nitrogen and oxygen atoms in total. The van der Waals surface area contributed by atoms with Crippen molar-refractivity contribution in [3.8, 4) is 11.5 Å². The Labute approximate surface area is 169 Å². The first-order valence-electron chi connectivity index (χ1n) is 9.15. The lowest BCUT2D eigenvalue weighted by molar-refractivity contribution is -0.131. The number of benzene rings is 2. The highest BCUT2D eigenvalue weighted by Crippen LogP contribution is 2.13. The summed E-state index contributed by atoms with van der Waals surface area (Å²) in [5, 5.41) is 0. The van der Waals surface area contributed by atoms with E-state index < -0.39 is 17.8 Å². The largest absolute Gasteiger partial charge is 0.484 e. The maximum absolute atomic E-state index is 11.8. The van der Waals surface area contributed by atoms with E-state index in [1.165, 1.54) is 0 Å². The number of hydrogen-bond donors (Lipinski definition) is 2. The van der Waals surface area contributed by atoms with Gasteiger partial charge in [0.2, 0.25) is 0 Å². The molecule has 0 aliphatic carbocycles. The Bertz CT molecular complexity index is 835. The number of amides is 2. The first kappa shape index (κ1) is 21.7. The highest BCUT2D eigenvalue weighted by molar-refractivity contribution is 5.89. The van der Waals surface area contributed by atoms with Crippen LogP contribution in [0.1, 0.15) is 29.3 Å². The number of hydrazine groups is 1. The van der Waals surface area contributed by atoms with E-state index in [9.17, 15) is 14.4 Å². The average molecular weight is 400 g/mol. The topological polar surface area (TPSA) is 103 Å². The predicted molar refractivity (Wildman–Crippen MR) is 105 cm³/mol. The van der Waals surface area contributed by atoms with Gasteiger partial charge in [-0.15, -0.1) is 0 Å². The van der Waals surface area contributed by atoms with Gasteiger partial charge in [-0.05, 0) is 55.3 Å². The molecule has 2 aromatic carbocycles. The highest BCUT2D eigenvalue weighted by atomic mass is 16.5. The lowest BCUT2D eigenvalue weighted by atomic mass is 10.2. The third-order valence-corrected chi connectivity index (χ3v) is 3.60. The van der Waals surface area contributed by atoms with Crippen LogP contribution in [0.25, 0.3) is 0 Å². The normalized spacial score (nSPS) is 10.0. The molecule has 0 radical (unpaired) electrons. The van der Waals surface area contributed by atoms with Crippen LogP contribution in [0.5, 0.6) is 11.5 Å². The molecule has 8 heteroatoms. The minimum absolute atomic E-state index is 0.236. The Hall–Kier alpha value is -3.55. The smallest absolute Gasteiger partial charge is 0.338 e. The van der Waals surface area contributed by atoms with E-state index in [1.54, 1.807) is 36.4 Å². The summed E-state index contributed by atoms with van der Waals surface area (Å²) < 4.78 is 15.7. The van der Waals surface area contributed by atoms with E-state index in [-0.39, 0.29) is 13.2 Å². The summed E-state index contributed by atoms with van der Waals surface area (Å²) in [6, 6.07) is 13.5. The minimum Gasteiger partial charge on any atom is -0.484 e. The van der Waals surface area contributed by atoms with Crippen molar-refractivity contribution in [2.24, 2.45) is 0 Å². The lowest BCUT2D eigenvalue weighted by Crippen LogP contribution is -2.45. The number of ether oxygens (including phenoxy) is 3. The number of aryl methyl sites for hydroxylation is 1. The molecule has 0 saturated carbocycles. The number of carbonyl (C=O) groups is 3. The van der Waals surface area contributed by atoms with Crippen molar-refractivity contribution in [2.75, 3.05) is 19.8 Å². The number of esters is 1. The molecule has 0 aliphatic rings. The zero-order valence-corrected chi connectivity index (χ0v) is 16.4. The van der Waals surface area contributed by atoms with Gasteiger partial charge in [-0.3, -0.25) is 20.4 Å². The second kappa shape index (κ2) is 11.3. The molecule has 154 valence electrons. The minimum atomic E-state index is -0.541. The Kier molecular flexibility index (Phi) is 8.50. The van der Waals surface area contributed by atoms with Gasteiger partial charge in [0.05, 0.1) is 12.2 Å². The van der Waals surface area contributed by atoms with Gasteiger partial charge in [0.15, 0.2) is 13.2 Å². The zero-order chi connectivity index (χ0) is 21.1. The number of carbonyl (C=O) groups excluding carboxylic acids is 3. The van der Waals surface area contributed by atoms with Crippen molar-refractivity contribution < 1.29 is 28.6 Å². The Morgan fingerprint density at radius 3 is 2.07 bits per heavy atom. The zero-order valence-electron chi connectivity index (χ0n) is 16.4. The summed E-state index contributed by atoms with van der Waals surface area (Å²) >= 11 is 0. The number of nitrogens with one attached hydrogen (secondary N) is 2. The van der Waals surface area contributed by atoms with E-state index in [0.29, 0.717) is 23.7 Å². The Balaban J connectivity index is 1.67. The number of rotatable bonds is 9. The highest BCUT2D eigenvalue weighted by Gasteiger charge is 2.09. The van der Waals surface area contributed by atoms with Crippen LogP contribution in [0.3, 0.4) is 0 Å². The standard InChI is InChI=1S/C21H24N2O6/c1-3-11-27-21(26)16-7-9-17(10-8-16)28-13-19(24)22-23-20(25)14-29-18-6-4-5-15(2)12-18/h4-10,12H,3,11,13-14H2,1-2H3,(H,22,24)(H,23,25). The molecule has 29 heavy (non-hydrogen) atoms. The van der Waals surface area contributed by atoms with E-state index in [4.69, 9.17) is 14.2 Å². The first-order valence-corrected chi connectivity index (χ1v) is 9.15. The van der Waals surface area contributed by atoms with Gasteiger partial charge >= 0.3 is 5.97 Å². The molecule has 0 heterocycles. The predicted octanol–water partition coefficient (Wildman–Crippen LogP) is 2.17. The molecule has 0 saturated heterocycles. The van der Waals surface area contributed by atoms with Crippen LogP contribution in [0.4, 0.5) is 0 Å². The van der Waals surface area contributed by atoms with Gasteiger partial charge in [0.25, 0.3) is 11.8 Å². The van der Waals surface area contributed by atoms with Crippen LogP contribution >= 0.6 is 0 Å². The molecular weight excluding hydrogens is 376 g/mol. The quantitative estimate of drug-likeness (QED) is 0.494. The van der Waals surface area contributed by atoms with Crippen LogP contribution in [0.15, 0.2) is 48.5 Å². The summed E-state index contributed by atoms with van der Waals surface area (Å²) in [6.07, 6.45) is 0.747. The molecular formula is C21H24N2O6. The fourth-order valence-electron chi connectivity index (χ4n) is 2.18. The van der Waals surface area contributed by atoms with E-state index in [1.807, 2.05) is 26.0 Å². The van der Waals surface area contributed by atoms with Crippen molar-refractivity contribution in [1.29, 1.82) is 0 Å². The third-order valence-electron chi connectivity index (χ3n) is 3.60. The van der Waals surface area contributed by atoms with Crippen LogP contribution in [-0.2, 0) is 14.3 Å². The molecule has 0 atom stereocenters. The number of hydrogen-bond acceptors (Lipinski definition) is 6. The van der Waals surface area contributed by atoms with E-state index in [2.05, 4.69) is 10.9 Å². The first-order chi connectivity index (χ1) is 14.0. The summed E-state index contributed by atoms with van der Waals surface area (Å²) in [4.78, 5) is 35.2. The average Bonchev–Trinajstić information content (AvgIpc) is 2.73. The monoisotopic (exact) mass is 400 g/mol. The molecule has 2 N–H and O–H groups in total. The van der Waals surface area contributed by atoms with Gasteiger partial charge in [0, 0.05) is 0 Å². The van der Waals surface area contributed by atoms with Gasteiger partial charge in [-0.25, -0.2) is 4.79 Å². The molecule has 0 spiro atoms. The van der Waals surface area contributed by atoms with Crippen LogP contribution in [-0.4, -0.2) is 37.6 Å². The molecule has 0 fully saturated rings. The van der Waals surface area contributed by atoms with Crippen LogP contribution < -0.4 is 20.3 Å². The van der Waals surface area contributed by atoms with Gasteiger partial charge in [-0.2, -0.15) is 0 Å². The molecule has 2 rings (SSSR count). The van der Waals surface area contributed by atoms with Crippen molar-refractivity contribution in [3.05, 3.63) is 59.7 Å².